The second kappa shape index (κ2) is 11.4. The van der Waals surface area contributed by atoms with E-state index in [1.54, 1.807) is 13.2 Å². The Morgan fingerprint density at radius 1 is 1.12 bits per heavy atom. The molecular weight excluding hydrogens is 526 g/mol. The highest BCUT2D eigenvalue weighted by Gasteiger charge is 2.24. The van der Waals surface area contributed by atoms with Gasteiger partial charge in [0.05, 0.1) is 24.6 Å². The van der Waals surface area contributed by atoms with Crippen LogP contribution in [0.15, 0.2) is 67.0 Å². The van der Waals surface area contributed by atoms with Crippen molar-refractivity contribution in [3.63, 3.8) is 0 Å². The Kier molecular flexibility index (Phi) is 7.97. The lowest BCUT2D eigenvalue weighted by Gasteiger charge is -2.41. The number of aliphatic hydroxyl groups is 1. The van der Waals surface area contributed by atoms with Gasteiger partial charge in [0.15, 0.2) is 0 Å². The molecule has 0 radical (unpaired) electrons. The first-order chi connectivity index (χ1) is 19.1. The lowest BCUT2D eigenvalue weighted by Crippen LogP contribution is -2.53. The topological polar surface area (TPSA) is 107 Å². The summed E-state index contributed by atoms with van der Waals surface area (Å²) in [5.41, 5.74) is 4.32. The molecule has 2 atom stereocenters. The minimum absolute atomic E-state index is 0.318. The van der Waals surface area contributed by atoms with Crippen LogP contribution < -0.4 is 14.5 Å². The zero-order valence-electron chi connectivity index (χ0n) is 23.4. The van der Waals surface area contributed by atoms with Crippen LogP contribution in [0.1, 0.15) is 19.4 Å². The summed E-state index contributed by atoms with van der Waals surface area (Å²) in [6.45, 7) is 7.97. The van der Waals surface area contributed by atoms with Crippen molar-refractivity contribution in [1.29, 1.82) is 0 Å². The van der Waals surface area contributed by atoms with Gasteiger partial charge in [-0.25, -0.2) is 13.4 Å². The van der Waals surface area contributed by atoms with Crippen LogP contribution in [-0.4, -0.2) is 84.6 Å². The fraction of sp³-hybridized carbons (Fsp3) is 0.379. The summed E-state index contributed by atoms with van der Waals surface area (Å²) in [6.07, 6.45) is 4.61. The molecule has 0 aliphatic carbocycles. The molecule has 0 bridgehead atoms. The fourth-order valence-corrected chi connectivity index (χ4v) is 5.73. The van der Waals surface area contributed by atoms with Crippen LogP contribution in [-0.2, 0) is 16.6 Å². The highest BCUT2D eigenvalue weighted by molar-refractivity contribution is 7.92. The predicted octanol–water partition coefficient (Wildman–Crippen LogP) is 3.51. The lowest BCUT2D eigenvalue weighted by atomic mass is 10.1. The van der Waals surface area contributed by atoms with Crippen molar-refractivity contribution in [3.8, 4) is 0 Å². The first kappa shape index (κ1) is 27.9. The SMILES string of the molecule is CC(O)CN1CCN(c2ccc(Nc3ncc4ccn(Cc5ccccc5N(C)S(C)(=O)=O)c4n3)cc2)CC1C. The molecule has 3 heterocycles. The number of aliphatic hydroxyl groups excluding tert-OH is 1. The Bertz CT molecular complexity index is 1570. The second-order valence-electron chi connectivity index (χ2n) is 10.6. The number of hydrogen-bond acceptors (Lipinski definition) is 8. The molecule has 1 aliphatic heterocycles. The maximum absolute atomic E-state index is 12.2. The Labute approximate surface area is 235 Å². The third-order valence-corrected chi connectivity index (χ3v) is 8.62. The molecule has 1 fully saturated rings. The number of hydrogen-bond donors (Lipinski definition) is 2. The smallest absolute Gasteiger partial charge is 0.232 e. The van der Waals surface area contributed by atoms with Gasteiger partial charge in [0, 0.05) is 68.4 Å². The molecule has 10 nitrogen and oxygen atoms in total. The van der Waals surface area contributed by atoms with Gasteiger partial charge in [-0.3, -0.25) is 9.21 Å². The van der Waals surface area contributed by atoms with Gasteiger partial charge in [0.25, 0.3) is 0 Å². The van der Waals surface area contributed by atoms with E-state index in [0.29, 0.717) is 30.8 Å². The van der Waals surface area contributed by atoms with Gasteiger partial charge in [-0.15, -0.1) is 0 Å². The molecular formula is C29H37N7O3S. The van der Waals surface area contributed by atoms with Gasteiger partial charge < -0.3 is 19.9 Å². The number of nitrogens with zero attached hydrogens (tertiary/aromatic N) is 6. The molecule has 1 saturated heterocycles. The van der Waals surface area contributed by atoms with Crippen molar-refractivity contribution in [2.24, 2.45) is 0 Å². The fourth-order valence-electron chi connectivity index (χ4n) is 5.20. The van der Waals surface area contributed by atoms with E-state index in [-0.39, 0.29) is 6.10 Å². The first-order valence-electron chi connectivity index (χ1n) is 13.5. The number of rotatable bonds is 9. The summed E-state index contributed by atoms with van der Waals surface area (Å²) in [7, 11) is -1.82. The number of fused-ring (bicyclic) bond motifs is 1. The van der Waals surface area contributed by atoms with Crippen molar-refractivity contribution in [3.05, 3.63) is 72.6 Å². The number of para-hydroxylation sites is 1. The van der Waals surface area contributed by atoms with E-state index in [2.05, 4.69) is 39.2 Å². The number of anilines is 4. The Balaban J connectivity index is 1.30. The van der Waals surface area contributed by atoms with Crippen LogP contribution in [0.4, 0.5) is 23.0 Å². The Morgan fingerprint density at radius 2 is 1.88 bits per heavy atom. The number of sulfonamides is 1. The van der Waals surface area contributed by atoms with Gasteiger partial charge in [0.2, 0.25) is 16.0 Å². The molecule has 0 amide bonds. The molecule has 212 valence electrons. The number of β-amino-alcohol motifs (C(OH)–C–C–N with tert-alkyl or cyclic N) is 1. The molecule has 11 heteroatoms. The minimum Gasteiger partial charge on any atom is -0.392 e. The highest BCUT2D eigenvalue weighted by atomic mass is 32.2. The van der Waals surface area contributed by atoms with Crippen LogP contribution >= 0.6 is 0 Å². The van der Waals surface area contributed by atoms with E-state index in [9.17, 15) is 13.5 Å². The van der Waals surface area contributed by atoms with Crippen LogP contribution in [0.2, 0.25) is 0 Å². The summed E-state index contributed by atoms with van der Waals surface area (Å²) < 4.78 is 27.6. The van der Waals surface area contributed by atoms with Gasteiger partial charge in [-0.2, -0.15) is 4.98 Å². The zero-order chi connectivity index (χ0) is 28.4. The number of aromatic nitrogens is 3. The van der Waals surface area contributed by atoms with E-state index in [0.717, 1.165) is 47.6 Å². The maximum Gasteiger partial charge on any atom is 0.232 e. The molecule has 0 spiro atoms. The van der Waals surface area contributed by atoms with E-state index in [1.165, 1.54) is 10.6 Å². The molecule has 1 aliphatic rings. The summed E-state index contributed by atoms with van der Waals surface area (Å²) >= 11 is 0. The molecule has 2 aromatic carbocycles. The van der Waals surface area contributed by atoms with Gasteiger partial charge >= 0.3 is 0 Å². The third-order valence-electron chi connectivity index (χ3n) is 7.42. The zero-order valence-corrected chi connectivity index (χ0v) is 24.2. The predicted molar refractivity (Wildman–Crippen MR) is 161 cm³/mol. The first-order valence-corrected chi connectivity index (χ1v) is 15.3. The van der Waals surface area contributed by atoms with Crippen LogP contribution in [0.25, 0.3) is 11.0 Å². The highest BCUT2D eigenvalue weighted by Crippen LogP contribution is 2.26. The second-order valence-corrected chi connectivity index (χ2v) is 12.6. The van der Waals surface area contributed by atoms with E-state index < -0.39 is 10.0 Å². The standard InChI is InChI=1S/C29H37N7O3S/c1-21-18-35(16-15-34(21)19-22(2)37)26-11-9-25(10-12-26)31-29-30-17-23-13-14-36(28(23)32-29)20-24-7-5-6-8-27(24)33(3)40(4,38)39/h5-14,17,21-22,37H,15-16,18-20H2,1-4H3,(H,30,31,32). The molecule has 5 rings (SSSR count). The molecule has 4 aromatic rings. The number of benzene rings is 2. The average molecular weight is 564 g/mol. The van der Waals surface area contributed by atoms with Crippen molar-refractivity contribution < 1.29 is 13.5 Å². The van der Waals surface area contributed by atoms with Crippen LogP contribution in [0.5, 0.6) is 0 Å². The third kappa shape index (κ3) is 6.22. The maximum atomic E-state index is 12.2. The van der Waals surface area contributed by atoms with Crippen molar-refractivity contribution in [2.75, 3.05) is 54.0 Å². The normalized spacial score (nSPS) is 17.2. The number of piperazine rings is 1. The summed E-state index contributed by atoms with van der Waals surface area (Å²) in [5, 5.41) is 14.0. The minimum atomic E-state index is -3.39. The van der Waals surface area contributed by atoms with E-state index >= 15 is 0 Å². The van der Waals surface area contributed by atoms with Crippen LogP contribution in [0, 0.1) is 0 Å². The Morgan fingerprint density at radius 3 is 2.58 bits per heavy atom. The molecule has 2 aromatic heterocycles. The average Bonchev–Trinajstić information content (AvgIpc) is 3.31. The largest absolute Gasteiger partial charge is 0.392 e. The van der Waals surface area contributed by atoms with E-state index in [1.807, 2.05) is 60.2 Å². The molecule has 0 saturated carbocycles. The summed E-state index contributed by atoms with van der Waals surface area (Å²) in [6, 6.07) is 18.1. The monoisotopic (exact) mass is 563 g/mol. The van der Waals surface area contributed by atoms with Gasteiger partial charge in [0.1, 0.15) is 5.65 Å². The van der Waals surface area contributed by atoms with Crippen LogP contribution in [0.3, 0.4) is 0 Å². The van der Waals surface area contributed by atoms with Crippen molar-refractivity contribution in [1.82, 2.24) is 19.4 Å². The van der Waals surface area contributed by atoms with Gasteiger partial charge in [-0.1, -0.05) is 18.2 Å². The molecule has 2 unspecified atom stereocenters. The summed E-state index contributed by atoms with van der Waals surface area (Å²) in [5.74, 6) is 0.488. The quantitative estimate of drug-likeness (QED) is 0.319. The van der Waals surface area contributed by atoms with E-state index in [4.69, 9.17) is 4.98 Å². The molecule has 40 heavy (non-hydrogen) atoms. The molecule has 2 N–H and O–H groups in total. The Hall–Kier alpha value is -3.67. The van der Waals surface area contributed by atoms with Gasteiger partial charge in [-0.05, 0) is 55.8 Å². The lowest BCUT2D eigenvalue weighted by molar-refractivity contribution is 0.0960. The number of nitrogens with one attached hydrogen (secondary N) is 1. The van der Waals surface area contributed by atoms with Crippen molar-refractivity contribution >= 4 is 44.1 Å². The summed E-state index contributed by atoms with van der Waals surface area (Å²) in [4.78, 5) is 14.0. The van der Waals surface area contributed by atoms with Crippen molar-refractivity contribution in [2.45, 2.75) is 32.5 Å².